The highest BCUT2D eigenvalue weighted by Gasteiger charge is 2.47. The zero-order valence-corrected chi connectivity index (χ0v) is 16.7. The molecular formula is C21H20F4N2O5. The first-order valence-electron chi connectivity index (χ1n) is 9.64. The third-order valence-corrected chi connectivity index (χ3v) is 5.05. The normalized spacial score (nSPS) is 22.4. The van der Waals surface area contributed by atoms with E-state index in [-0.39, 0.29) is 23.4 Å². The highest BCUT2D eigenvalue weighted by atomic mass is 19.4. The monoisotopic (exact) mass is 456 g/mol. The zero-order valence-electron chi connectivity index (χ0n) is 16.7. The predicted octanol–water partition coefficient (Wildman–Crippen LogP) is 3.31. The van der Waals surface area contributed by atoms with Gasteiger partial charge in [0.1, 0.15) is 17.7 Å². The molecule has 11 heteroatoms. The fraction of sp³-hybridized carbons (Fsp3) is 0.381. The smallest absolute Gasteiger partial charge is 0.486 e. The molecule has 2 aliphatic rings. The Bertz CT molecular complexity index is 939. The van der Waals surface area contributed by atoms with Crippen LogP contribution in [0.15, 0.2) is 48.8 Å². The number of carboxylic acids is 1. The Kier molecular flexibility index (Phi) is 6.97. The number of hydrogen-bond donors (Lipinski definition) is 1. The summed E-state index contributed by atoms with van der Waals surface area (Å²) in [5, 5.41) is 7.12. The van der Waals surface area contributed by atoms with Gasteiger partial charge in [0.05, 0.1) is 24.9 Å². The van der Waals surface area contributed by atoms with Gasteiger partial charge in [0.2, 0.25) is 0 Å². The van der Waals surface area contributed by atoms with Crippen molar-refractivity contribution in [3.8, 4) is 5.75 Å². The minimum Gasteiger partial charge on any atom is -0.486 e. The van der Waals surface area contributed by atoms with Crippen LogP contribution in [-0.4, -0.2) is 64.4 Å². The van der Waals surface area contributed by atoms with Gasteiger partial charge in [0, 0.05) is 24.7 Å². The molecule has 0 aliphatic carbocycles. The predicted molar refractivity (Wildman–Crippen MR) is 103 cm³/mol. The van der Waals surface area contributed by atoms with Gasteiger partial charge in [0.15, 0.2) is 0 Å². The van der Waals surface area contributed by atoms with E-state index in [1.54, 1.807) is 17.3 Å². The number of carbonyl (C=O) groups excluding carboxylic acids is 1. The second-order valence-corrected chi connectivity index (χ2v) is 7.41. The molecule has 3 heterocycles. The number of halogens is 4. The van der Waals surface area contributed by atoms with E-state index in [4.69, 9.17) is 19.4 Å². The van der Waals surface area contributed by atoms with Crippen molar-refractivity contribution in [2.75, 3.05) is 19.7 Å². The first-order chi connectivity index (χ1) is 15.1. The summed E-state index contributed by atoms with van der Waals surface area (Å²) in [5.41, 5.74) is 0.155. The van der Waals surface area contributed by atoms with E-state index in [0.717, 1.165) is 18.6 Å². The molecule has 1 spiro atoms. The van der Waals surface area contributed by atoms with Gasteiger partial charge in [0.25, 0.3) is 5.91 Å². The van der Waals surface area contributed by atoms with Crippen molar-refractivity contribution in [2.45, 2.75) is 30.7 Å². The van der Waals surface area contributed by atoms with Crippen molar-refractivity contribution in [3.63, 3.8) is 0 Å². The van der Waals surface area contributed by atoms with Crippen LogP contribution in [0.3, 0.4) is 0 Å². The van der Waals surface area contributed by atoms with Gasteiger partial charge in [-0.3, -0.25) is 9.78 Å². The first-order valence-corrected chi connectivity index (χ1v) is 9.64. The number of aromatic nitrogens is 1. The molecule has 2 fully saturated rings. The van der Waals surface area contributed by atoms with Crippen LogP contribution >= 0.6 is 0 Å². The molecule has 0 bridgehead atoms. The van der Waals surface area contributed by atoms with Gasteiger partial charge >= 0.3 is 12.1 Å². The Morgan fingerprint density at radius 2 is 1.91 bits per heavy atom. The Labute approximate surface area is 180 Å². The standard InChI is InChI=1S/C19H19FN2O3.C2HF3O2/c20-15-5-3-14(4-6-15)18(23)22-9-7-19(13-22)10-17(12-24-19)25-16-2-1-8-21-11-16;3-2(4,5)1(6)7/h1-6,8,11,17H,7,9-10,12-13H2;(H,6,7). The molecule has 2 unspecified atom stereocenters. The third kappa shape index (κ3) is 5.94. The Morgan fingerprint density at radius 1 is 1.22 bits per heavy atom. The summed E-state index contributed by atoms with van der Waals surface area (Å²) in [5.74, 6) is -2.46. The van der Waals surface area contributed by atoms with Gasteiger partial charge in [-0.25, -0.2) is 9.18 Å². The lowest BCUT2D eigenvalue weighted by atomic mass is 9.98. The van der Waals surface area contributed by atoms with Gasteiger partial charge in [-0.1, -0.05) is 0 Å². The number of alkyl halides is 3. The maximum absolute atomic E-state index is 13.0. The minimum absolute atomic E-state index is 0.0370. The van der Waals surface area contributed by atoms with E-state index in [0.29, 0.717) is 25.3 Å². The maximum Gasteiger partial charge on any atom is 0.490 e. The van der Waals surface area contributed by atoms with E-state index in [2.05, 4.69) is 4.98 Å². The molecule has 4 rings (SSSR count). The summed E-state index contributed by atoms with van der Waals surface area (Å²) in [4.78, 5) is 27.3. The van der Waals surface area contributed by atoms with Gasteiger partial charge < -0.3 is 19.5 Å². The molecule has 2 aliphatic heterocycles. The molecule has 2 aromatic rings. The van der Waals surface area contributed by atoms with Crippen LogP contribution < -0.4 is 4.74 Å². The van der Waals surface area contributed by atoms with Gasteiger partial charge in [-0.05, 0) is 42.8 Å². The highest BCUT2D eigenvalue weighted by Crippen LogP contribution is 2.37. The molecule has 32 heavy (non-hydrogen) atoms. The van der Waals surface area contributed by atoms with E-state index < -0.39 is 12.1 Å². The van der Waals surface area contributed by atoms with E-state index >= 15 is 0 Å². The van der Waals surface area contributed by atoms with Crippen LogP contribution in [0.5, 0.6) is 5.75 Å². The molecule has 2 saturated heterocycles. The molecule has 1 amide bonds. The largest absolute Gasteiger partial charge is 0.490 e. The van der Waals surface area contributed by atoms with Crippen LogP contribution in [0.4, 0.5) is 17.6 Å². The first kappa shape index (κ1) is 23.5. The lowest BCUT2D eigenvalue weighted by Crippen LogP contribution is -2.36. The summed E-state index contributed by atoms with van der Waals surface area (Å²) >= 11 is 0. The van der Waals surface area contributed by atoms with Crippen LogP contribution in [0.1, 0.15) is 23.2 Å². The van der Waals surface area contributed by atoms with Gasteiger partial charge in [-0.15, -0.1) is 0 Å². The average Bonchev–Trinajstić information content (AvgIpc) is 3.35. The molecule has 1 aromatic carbocycles. The molecule has 7 nitrogen and oxygen atoms in total. The topological polar surface area (TPSA) is 89.0 Å². The number of ether oxygens (including phenoxy) is 2. The molecular weight excluding hydrogens is 436 g/mol. The number of carbonyl (C=O) groups is 2. The number of pyridine rings is 1. The second kappa shape index (κ2) is 9.51. The molecule has 1 N–H and O–H groups in total. The Hall–Kier alpha value is -3.21. The van der Waals surface area contributed by atoms with Crippen molar-refractivity contribution >= 4 is 11.9 Å². The summed E-state index contributed by atoms with van der Waals surface area (Å²) < 4.78 is 56.7. The van der Waals surface area contributed by atoms with Crippen molar-refractivity contribution < 1.29 is 41.7 Å². The van der Waals surface area contributed by atoms with Crippen molar-refractivity contribution in [1.29, 1.82) is 0 Å². The number of hydrogen-bond acceptors (Lipinski definition) is 5. The number of likely N-dealkylation sites (tertiary alicyclic amines) is 1. The minimum atomic E-state index is -5.08. The summed E-state index contributed by atoms with van der Waals surface area (Å²) in [6, 6.07) is 9.36. The number of nitrogens with zero attached hydrogens (tertiary/aromatic N) is 2. The molecule has 172 valence electrons. The van der Waals surface area contributed by atoms with Crippen LogP contribution in [-0.2, 0) is 9.53 Å². The van der Waals surface area contributed by atoms with Gasteiger partial charge in [-0.2, -0.15) is 13.2 Å². The number of benzene rings is 1. The number of carboxylic acid groups (broad SMARTS) is 1. The van der Waals surface area contributed by atoms with Crippen molar-refractivity contribution in [3.05, 3.63) is 60.2 Å². The molecule has 0 radical (unpaired) electrons. The number of amides is 1. The molecule has 0 saturated carbocycles. The lowest BCUT2D eigenvalue weighted by molar-refractivity contribution is -0.192. The number of rotatable bonds is 3. The average molecular weight is 456 g/mol. The van der Waals surface area contributed by atoms with Crippen molar-refractivity contribution in [1.82, 2.24) is 9.88 Å². The van der Waals surface area contributed by atoms with E-state index in [1.165, 1.54) is 24.3 Å². The lowest BCUT2D eigenvalue weighted by Gasteiger charge is -2.23. The fourth-order valence-electron chi connectivity index (χ4n) is 3.56. The second-order valence-electron chi connectivity index (χ2n) is 7.41. The van der Waals surface area contributed by atoms with E-state index in [9.17, 15) is 22.4 Å². The summed E-state index contributed by atoms with van der Waals surface area (Å²) in [7, 11) is 0. The summed E-state index contributed by atoms with van der Waals surface area (Å²) in [6.45, 7) is 1.68. The number of aliphatic carboxylic acids is 1. The van der Waals surface area contributed by atoms with Crippen LogP contribution in [0, 0.1) is 5.82 Å². The van der Waals surface area contributed by atoms with E-state index in [1.807, 2.05) is 12.1 Å². The zero-order chi connectivity index (χ0) is 23.4. The fourth-order valence-corrected chi connectivity index (χ4v) is 3.56. The van der Waals surface area contributed by atoms with Crippen LogP contribution in [0.2, 0.25) is 0 Å². The Balaban J connectivity index is 0.000000360. The molecule has 2 atom stereocenters. The van der Waals surface area contributed by atoms with Crippen molar-refractivity contribution in [2.24, 2.45) is 0 Å². The Morgan fingerprint density at radius 3 is 2.50 bits per heavy atom. The third-order valence-electron chi connectivity index (χ3n) is 5.05. The molecule has 1 aromatic heterocycles. The van der Waals surface area contributed by atoms with Crippen LogP contribution in [0.25, 0.3) is 0 Å². The maximum atomic E-state index is 13.0. The highest BCUT2D eigenvalue weighted by molar-refractivity contribution is 5.94. The SMILES string of the molecule is O=C(O)C(F)(F)F.O=C(c1ccc(F)cc1)N1CCC2(CC(Oc3cccnc3)CO2)C1. The summed E-state index contributed by atoms with van der Waals surface area (Å²) in [6.07, 6.45) is -0.202. The quantitative estimate of drug-likeness (QED) is 0.713.